The standard InChI is InChI=1S/C13H17O5P/c1-5-17-19(15)13(2,3)11-7-6-9(16-4)8-10(11)12(14)18-19/h6-8H,5H2,1-4H3. The number of benzene rings is 1. The van der Waals surface area contributed by atoms with E-state index in [1.54, 1.807) is 39.0 Å². The number of ether oxygens (including phenoxy) is 1. The zero-order valence-electron chi connectivity index (χ0n) is 11.4. The van der Waals surface area contributed by atoms with Crippen molar-refractivity contribution in [3.8, 4) is 5.75 Å². The van der Waals surface area contributed by atoms with Crippen LogP contribution < -0.4 is 4.74 Å². The molecule has 1 heterocycles. The molecule has 5 nitrogen and oxygen atoms in total. The summed E-state index contributed by atoms with van der Waals surface area (Å²) in [4.78, 5) is 12.0. The Kier molecular flexibility index (Phi) is 3.45. The topological polar surface area (TPSA) is 61.8 Å². The van der Waals surface area contributed by atoms with Crippen molar-refractivity contribution in [3.63, 3.8) is 0 Å². The van der Waals surface area contributed by atoms with E-state index in [0.717, 1.165) is 0 Å². The maximum atomic E-state index is 12.7. The van der Waals surface area contributed by atoms with Crippen molar-refractivity contribution in [3.05, 3.63) is 29.3 Å². The Hall–Kier alpha value is -1.32. The van der Waals surface area contributed by atoms with Gasteiger partial charge in [0.2, 0.25) is 0 Å². The third-order valence-corrected chi connectivity index (χ3v) is 5.91. The summed E-state index contributed by atoms with van der Waals surface area (Å²) in [6.45, 7) is 5.44. The second kappa shape index (κ2) is 4.66. The van der Waals surface area contributed by atoms with Gasteiger partial charge in [0.15, 0.2) is 0 Å². The lowest BCUT2D eigenvalue weighted by Gasteiger charge is -2.37. The highest BCUT2D eigenvalue weighted by Crippen LogP contribution is 2.67. The predicted molar refractivity (Wildman–Crippen MR) is 70.7 cm³/mol. The molecule has 1 atom stereocenters. The van der Waals surface area contributed by atoms with Crippen LogP contribution in [0.1, 0.15) is 36.7 Å². The van der Waals surface area contributed by atoms with Crippen LogP contribution in [0.5, 0.6) is 5.75 Å². The SMILES string of the molecule is CCOP1(=O)OC(=O)c2cc(OC)ccc2C1(C)C. The number of rotatable bonds is 3. The minimum absolute atomic E-state index is 0.222. The van der Waals surface area contributed by atoms with Gasteiger partial charge >= 0.3 is 13.6 Å². The summed E-state index contributed by atoms with van der Waals surface area (Å²) in [7, 11) is -2.00. The van der Waals surface area contributed by atoms with Gasteiger partial charge < -0.3 is 9.26 Å². The second-order valence-electron chi connectivity index (χ2n) is 4.76. The van der Waals surface area contributed by atoms with Crippen LogP contribution in [0.25, 0.3) is 0 Å². The van der Waals surface area contributed by atoms with E-state index in [2.05, 4.69) is 0 Å². The third kappa shape index (κ3) is 2.07. The Bertz CT molecular complexity index is 564. The molecule has 1 aromatic rings. The molecule has 0 radical (unpaired) electrons. The number of carbonyl (C=O) groups is 1. The molecule has 19 heavy (non-hydrogen) atoms. The smallest absolute Gasteiger partial charge is 0.391 e. The van der Waals surface area contributed by atoms with Gasteiger partial charge in [0, 0.05) is 0 Å². The fourth-order valence-corrected chi connectivity index (χ4v) is 3.88. The molecule has 1 unspecified atom stereocenters. The molecular weight excluding hydrogens is 267 g/mol. The van der Waals surface area contributed by atoms with E-state index in [0.29, 0.717) is 16.9 Å². The van der Waals surface area contributed by atoms with Gasteiger partial charge in [0.05, 0.1) is 19.3 Å². The van der Waals surface area contributed by atoms with Gasteiger partial charge in [0.1, 0.15) is 10.9 Å². The normalized spacial score (nSPS) is 24.5. The van der Waals surface area contributed by atoms with Crippen molar-refractivity contribution in [2.75, 3.05) is 13.7 Å². The van der Waals surface area contributed by atoms with Crippen molar-refractivity contribution >= 4 is 13.6 Å². The molecule has 6 heteroatoms. The summed E-state index contributed by atoms with van der Waals surface area (Å²) < 4.78 is 28.2. The van der Waals surface area contributed by atoms with E-state index in [1.807, 2.05) is 0 Å². The van der Waals surface area contributed by atoms with Crippen molar-refractivity contribution in [1.82, 2.24) is 0 Å². The molecule has 1 aromatic carbocycles. The van der Waals surface area contributed by atoms with Crippen LogP contribution in [0.15, 0.2) is 18.2 Å². The predicted octanol–water partition coefficient (Wildman–Crippen LogP) is 3.33. The summed E-state index contributed by atoms with van der Waals surface area (Å²) in [5.74, 6) is -0.0790. The highest BCUT2D eigenvalue weighted by molar-refractivity contribution is 7.55. The average Bonchev–Trinajstić information content (AvgIpc) is 2.36. The Morgan fingerprint density at radius 1 is 1.37 bits per heavy atom. The Morgan fingerprint density at radius 3 is 2.63 bits per heavy atom. The highest BCUT2D eigenvalue weighted by Gasteiger charge is 2.52. The molecule has 2 rings (SSSR count). The van der Waals surface area contributed by atoms with Crippen molar-refractivity contribution in [1.29, 1.82) is 0 Å². The van der Waals surface area contributed by atoms with Gasteiger partial charge in [-0.15, -0.1) is 0 Å². The minimum atomic E-state index is -3.52. The molecule has 0 aromatic heterocycles. The lowest BCUT2D eigenvalue weighted by atomic mass is 9.96. The van der Waals surface area contributed by atoms with E-state index >= 15 is 0 Å². The first-order chi connectivity index (χ1) is 8.85. The summed E-state index contributed by atoms with van der Waals surface area (Å²) in [5, 5.41) is -0.876. The number of fused-ring (bicyclic) bond motifs is 1. The van der Waals surface area contributed by atoms with Crippen LogP contribution in [0.2, 0.25) is 0 Å². The van der Waals surface area contributed by atoms with Gasteiger partial charge in [-0.25, -0.2) is 9.36 Å². The van der Waals surface area contributed by atoms with E-state index in [1.165, 1.54) is 7.11 Å². The minimum Gasteiger partial charge on any atom is -0.497 e. The fraction of sp³-hybridized carbons (Fsp3) is 0.462. The largest absolute Gasteiger partial charge is 0.497 e. The first-order valence-electron chi connectivity index (χ1n) is 6.03. The third-order valence-electron chi connectivity index (χ3n) is 3.29. The highest BCUT2D eigenvalue weighted by atomic mass is 31.2. The van der Waals surface area contributed by atoms with Crippen molar-refractivity contribution in [2.24, 2.45) is 0 Å². The molecule has 0 N–H and O–H groups in total. The number of hydrogen-bond acceptors (Lipinski definition) is 5. The lowest BCUT2D eigenvalue weighted by molar-refractivity contribution is 0.0665. The Labute approximate surface area is 112 Å². The first-order valence-corrected chi connectivity index (χ1v) is 7.57. The molecule has 104 valence electrons. The van der Waals surface area contributed by atoms with Crippen molar-refractivity contribution in [2.45, 2.75) is 25.9 Å². The Morgan fingerprint density at radius 2 is 2.05 bits per heavy atom. The van der Waals surface area contributed by atoms with Gasteiger partial charge in [0.25, 0.3) is 0 Å². The molecule has 0 spiro atoms. The molecule has 0 amide bonds. The summed E-state index contributed by atoms with van der Waals surface area (Å²) >= 11 is 0. The van der Waals surface area contributed by atoms with Crippen LogP contribution >= 0.6 is 7.60 Å². The number of methoxy groups -OCH3 is 1. The quantitative estimate of drug-likeness (QED) is 0.797. The summed E-state index contributed by atoms with van der Waals surface area (Å²) in [6, 6.07) is 5.06. The van der Waals surface area contributed by atoms with Gasteiger partial charge in [-0.1, -0.05) is 6.07 Å². The molecule has 0 saturated carbocycles. The zero-order valence-corrected chi connectivity index (χ0v) is 12.3. The van der Waals surface area contributed by atoms with Gasteiger partial charge in [-0.05, 0) is 38.5 Å². The zero-order chi connectivity index (χ0) is 14.3. The van der Waals surface area contributed by atoms with E-state index in [-0.39, 0.29) is 6.61 Å². The van der Waals surface area contributed by atoms with E-state index in [4.69, 9.17) is 13.8 Å². The van der Waals surface area contributed by atoms with Crippen LogP contribution in [0, 0.1) is 0 Å². The maximum absolute atomic E-state index is 12.7. The summed E-state index contributed by atoms with van der Waals surface area (Å²) in [5.41, 5.74) is 1.02. The monoisotopic (exact) mass is 284 g/mol. The van der Waals surface area contributed by atoms with Gasteiger partial charge in [-0.3, -0.25) is 4.52 Å². The molecule has 0 saturated heterocycles. The molecule has 1 aliphatic heterocycles. The molecule has 0 bridgehead atoms. The van der Waals surface area contributed by atoms with Gasteiger partial charge in [-0.2, -0.15) is 0 Å². The second-order valence-corrected chi connectivity index (χ2v) is 7.32. The maximum Gasteiger partial charge on any atom is 0.391 e. The molecule has 0 fully saturated rings. The van der Waals surface area contributed by atoms with Crippen LogP contribution in [-0.2, 0) is 18.8 Å². The van der Waals surface area contributed by atoms with Crippen molar-refractivity contribution < 1.29 is 23.1 Å². The van der Waals surface area contributed by atoms with E-state index in [9.17, 15) is 9.36 Å². The van der Waals surface area contributed by atoms with Crippen LogP contribution in [-0.4, -0.2) is 19.7 Å². The lowest BCUT2D eigenvalue weighted by Crippen LogP contribution is -2.30. The Balaban J connectivity index is 2.61. The number of hydrogen-bond donors (Lipinski definition) is 0. The number of carbonyl (C=O) groups excluding carboxylic acids is 1. The average molecular weight is 284 g/mol. The summed E-state index contributed by atoms with van der Waals surface area (Å²) in [6.07, 6.45) is 0. The molecule has 0 aliphatic carbocycles. The first kappa shape index (κ1) is 14.1. The van der Waals surface area contributed by atoms with E-state index < -0.39 is 18.7 Å². The molecular formula is C13H17O5P. The molecule has 1 aliphatic rings. The van der Waals surface area contributed by atoms with Crippen LogP contribution in [0.4, 0.5) is 0 Å². The van der Waals surface area contributed by atoms with Crippen LogP contribution in [0.3, 0.4) is 0 Å². The fourth-order valence-electron chi connectivity index (χ4n) is 2.13.